The van der Waals surface area contributed by atoms with Crippen LogP contribution in [0.5, 0.6) is 0 Å². The summed E-state index contributed by atoms with van der Waals surface area (Å²) >= 11 is 5.14. The maximum Gasteiger partial charge on any atom is 0.257 e. The molecule has 1 amide bonds. The van der Waals surface area contributed by atoms with Crippen molar-refractivity contribution in [3.05, 3.63) is 59.7 Å². The molecule has 0 atom stereocenters. The largest absolute Gasteiger partial charge is 0.332 e. The van der Waals surface area contributed by atoms with Crippen molar-refractivity contribution >= 4 is 38.9 Å². The van der Waals surface area contributed by atoms with E-state index in [0.29, 0.717) is 24.2 Å². The Morgan fingerprint density at radius 3 is 2.42 bits per heavy atom. The molecule has 2 aromatic rings. The van der Waals surface area contributed by atoms with Crippen LogP contribution in [0.15, 0.2) is 53.4 Å². The summed E-state index contributed by atoms with van der Waals surface area (Å²) < 4.78 is 26.6. The van der Waals surface area contributed by atoms with Gasteiger partial charge in [-0.3, -0.25) is 10.1 Å². The lowest BCUT2D eigenvalue weighted by Gasteiger charge is -2.11. The Morgan fingerprint density at radius 2 is 1.81 bits per heavy atom. The monoisotopic (exact) mass is 391 g/mol. The first-order valence-electron chi connectivity index (χ1n) is 8.10. The van der Waals surface area contributed by atoms with Gasteiger partial charge in [0.2, 0.25) is 10.0 Å². The molecular formula is C18H21N3O3S2. The van der Waals surface area contributed by atoms with Crippen LogP contribution in [0.2, 0.25) is 0 Å². The van der Waals surface area contributed by atoms with E-state index in [0.717, 1.165) is 5.56 Å². The molecule has 0 radical (unpaired) electrons. The molecule has 0 heterocycles. The second kappa shape index (κ2) is 8.88. The van der Waals surface area contributed by atoms with E-state index in [9.17, 15) is 13.2 Å². The third kappa shape index (κ3) is 5.62. The number of hydrogen-bond donors (Lipinski definition) is 3. The standard InChI is InChI=1S/C18H21N3O3S2/c1-3-11-19-26(23,24)16-9-7-15(8-10-16)20-18(25)21-17(22)14-6-4-5-13(2)12-14/h4-10,12,19H,3,11H2,1-2H3,(H2,20,21,22,25). The van der Waals surface area contributed by atoms with Crippen molar-refractivity contribution in [3.8, 4) is 0 Å². The van der Waals surface area contributed by atoms with Crippen LogP contribution in [-0.4, -0.2) is 26.0 Å². The highest BCUT2D eigenvalue weighted by Crippen LogP contribution is 2.14. The molecule has 26 heavy (non-hydrogen) atoms. The molecule has 2 rings (SSSR count). The lowest BCUT2D eigenvalue weighted by Crippen LogP contribution is -2.34. The Hall–Kier alpha value is -2.29. The fourth-order valence-electron chi connectivity index (χ4n) is 2.16. The highest BCUT2D eigenvalue weighted by atomic mass is 32.2. The SMILES string of the molecule is CCCNS(=O)(=O)c1ccc(NC(=S)NC(=O)c2cccc(C)c2)cc1. The fraction of sp³-hybridized carbons (Fsp3) is 0.222. The molecule has 2 aromatic carbocycles. The topological polar surface area (TPSA) is 87.3 Å². The van der Waals surface area contributed by atoms with Crippen molar-refractivity contribution in [1.29, 1.82) is 0 Å². The minimum absolute atomic E-state index is 0.135. The van der Waals surface area contributed by atoms with Crippen LogP contribution in [0.4, 0.5) is 5.69 Å². The molecule has 3 N–H and O–H groups in total. The lowest BCUT2D eigenvalue weighted by molar-refractivity contribution is 0.0977. The van der Waals surface area contributed by atoms with Gasteiger partial charge in [0.05, 0.1) is 4.90 Å². The number of carbonyl (C=O) groups excluding carboxylic acids is 1. The summed E-state index contributed by atoms with van der Waals surface area (Å²) in [4.78, 5) is 12.3. The van der Waals surface area contributed by atoms with E-state index in [4.69, 9.17) is 12.2 Å². The van der Waals surface area contributed by atoms with Crippen molar-refractivity contribution in [2.75, 3.05) is 11.9 Å². The summed E-state index contributed by atoms with van der Waals surface area (Å²) in [5.41, 5.74) is 2.07. The molecule has 8 heteroatoms. The molecule has 0 bridgehead atoms. The highest BCUT2D eigenvalue weighted by molar-refractivity contribution is 7.89. The summed E-state index contributed by atoms with van der Waals surface area (Å²) in [5, 5.41) is 5.59. The van der Waals surface area contributed by atoms with E-state index in [1.54, 1.807) is 30.3 Å². The second-order valence-corrected chi connectivity index (χ2v) is 7.88. The second-order valence-electron chi connectivity index (χ2n) is 5.70. The first kappa shape index (κ1) is 20.0. The van der Waals surface area contributed by atoms with Crippen molar-refractivity contribution in [2.45, 2.75) is 25.2 Å². The molecule has 0 aliphatic rings. The average Bonchev–Trinajstić information content (AvgIpc) is 2.60. The first-order chi connectivity index (χ1) is 12.3. The number of thiocarbonyl (C=S) groups is 1. The van der Waals surface area contributed by atoms with Crippen LogP contribution >= 0.6 is 12.2 Å². The van der Waals surface area contributed by atoms with Crippen molar-refractivity contribution < 1.29 is 13.2 Å². The van der Waals surface area contributed by atoms with Crippen LogP contribution in [-0.2, 0) is 10.0 Å². The van der Waals surface area contributed by atoms with Gasteiger partial charge < -0.3 is 5.32 Å². The first-order valence-corrected chi connectivity index (χ1v) is 9.99. The molecule has 0 aliphatic heterocycles. The Balaban J connectivity index is 1.98. The predicted octanol–water partition coefficient (Wildman–Crippen LogP) is 2.81. The van der Waals surface area contributed by atoms with E-state index in [1.807, 2.05) is 19.9 Å². The van der Waals surface area contributed by atoms with Gasteiger partial charge in [-0.25, -0.2) is 13.1 Å². The predicted molar refractivity (Wildman–Crippen MR) is 107 cm³/mol. The van der Waals surface area contributed by atoms with Gasteiger partial charge in [-0.15, -0.1) is 0 Å². The van der Waals surface area contributed by atoms with E-state index < -0.39 is 10.0 Å². The third-order valence-electron chi connectivity index (χ3n) is 3.47. The molecule has 0 spiro atoms. The number of anilines is 1. The Labute approximate surface area is 159 Å². The fourth-order valence-corrected chi connectivity index (χ4v) is 3.51. The number of carbonyl (C=O) groups is 1. The normalized spacial score (nSPS) is 11.0. The smallest absolute Gasteiger partial charge is 0.257 e. The number of benzene rings is 2. The molecule has 0 saturated heterocycles. The zero-order valence-corrected chi connectivity index (χ0v) is 16.2. The van der Waals surface area contributed by atoms with Crippen LogP contribution in [0.1, 0.15) is 29.3 Å². The molecular weight excluding hydrogens is 370 g/mol. The molecule has 0 saturated carbocycles. The van der Waals surface area contributed by atoms with Crippen LogP contribution in [0.25, 0.3) is 0 Å². The number of sulfonamides is 1. The van der Waals surface area contributed by atoms with Gasteiger partial charge in [0.1, 0.15) is 0 Å². The minimum Gasteiger partial charge on any atom is -0.332 e. The highest BCUT2D eigenvalue weighted by Gasteiger charge is 2.13. The summed E-state index contributed by atoms with van der Waals surface area (Å²) in [7, 11) is -3.51. The summed E-state index contributed by atoms with van der Waals surface area (Å²) in [5.74, 6) is -0.311. The zero-order chi connectivity index (χ0) is 19.2. The molecule has 0 unspecified atom stereocenters. The number of nitrogens with one attached hydrogen (secondary N) is 3. The maximum absolute atomic E-state index is 12.2. The van der Waals surface area contributed by atoms with Crippen LogP contribution < -0.4 is 15.4 Å². The number of aryl methyl sites for hydroxylation is 1. The molecule has 0 aliphatic carbocycles. The summed E-state index contributed by atoms with van der Waals surface area (Å²) in [6.07, 6.45) is 0.716. The van der Waals surface area contributed by atoms with Gasteiger partial charge >= 0.3 is 0 Å². The maximum atomic E-state index is 12.2. The minimum atomic E-state index is -3.51. The van der Waals surface area contributed by atoms with Gasteiger partial charge in [-0.2, -0.15) is 0 Å². The molecule has 0 aromatic heterocycles. The molecule has 6 nitrogen and oxygen atoms in total. The van der Waals surface area contributed by atoms with E-state index in [1.165, 1.54) is 12.1 Å². The van der Waals surface area contributed by atoms with Gasteiger partial charge in [0.25, 0.3) is 5.91 Å². The van der Waals surface area contributed by atoms with Gasteiger partial charge in [-0.1, -0.05) is 24.6 Å². The molecule has 138 valence electrons. The van der Waals surface area contributed by atoms with Crippen LogP contribution in [0.3, 0.4) is 0 Å². The van der Waals surface area contributed by atoms with Gasteiger partial charge in [0.15, 0.2) is 5.11 Å². The van der Waals surface area contributed by atoms with Crippen LogP contribution in [0, 0.1) is 6.92 Å². The van der Waals surface area contributed by atoms with Crippen molar-refractivity contribution in [3.63, 3.8) is 0 Å². The molecule has 0 fully saturated rings. The van der Waals surface area contributed by atoms with E-state index in [-0.39, 0.29) is 15.9 Å². The van der Waals surface area contributed by atoms with Crippen molar-refractivity contribution in [2.24, 2.45) is 0 Å². The number of hydrogen-bond acceptors (Lipinski definition) is 4. The van der Waals surface area contributed by atoms with E-state index in [2.05, 4.69) is 15.4 Å². The average molecular weight is 392 g/mol. The lowest BCUT2D eigenvalue weighted by atomic mass is 10.1. The quantitative estimate of drug-likeness (QED) is 0.659. The Bertz CT molecular complexity index is 894. The summed E-state index contributed by atoms with van der Waals surface area (Å²) in [6.45, 7) is 4.18. The summed E-state index contributed by atoms with van der Waals surface area (Å²) in [6, 6.07) is 13.3. The van der Waals surface area contributed by atoms with E-state index >= 15 is 0 Å². The number of amides is 1. The zero-order valence-electron chi connectivity index (χ0n) is 14.6. The van der Waals surface area contributed by atoms with Crippen molar-refractivity contribution in [1.82, 2.24) is 10.0 Å². The third-order valence-corrected chi connectivity index (χ3v) is 5.15. The number of rotatable bonds is 6. The Morgan fingerprint density at radius 1 is 1.12 bits per heavy atom. The van der Waals surface area contributed by atoms with Gasteiger partial charge in [0, 0.05) is 17.8 Å². The van der Waals surface area contributed by atoms with Gasteiger partial charge in [-0.05, 0) is 62.0 Å². The Kier molecular flexibility index (Phi) is 6.84.